The normalized spacial score (nSPS) is 15.4. The predicted molar refractivity (Wildman–Crippen MR) is 135 cm³/mol. The second-order valence-electron chi connectivity index (χ2n) is 8.81. The maximum absolute atomic E-state index is 13.3. The topological polar surface area (TPSA) is 81.2 Å². The fraction of sp³-hybridized carbons (Fsp3) is 0.357. The van der Waals surface area contributed by atoms with Crippen molar-refractivity contribution >= 4 is 11.6 Å². The number of hydrogen-bond donors (Lipinski definition) is 3. The van der Waals surface area contributed by atoms with Gasteiger partial charge in [-0.1, -0.05) is 11.8 Å². The average molecular weight is 475 g/mol. The van der Waals surface area contributed by atoms with Crippen LogP contribution in [0.1, 0.15) is 59.2 Å². The molecule has 1 fully saturated rings. The van der Waals surface area contributed by atoms with E-state index in [1.165, 1.54) is 12.1 Å². The molecule has 1 saturated heterocycles. The molecule has 3 aromatic rings. The summed E-state index contributed by atoms with van der Waals surface area (Å²) in [5.74, 6) is 5.90. The van der Waals surface area contributed by atoms with Crippen molar-refractivity contribution in [2.24, 2.45) is 0 Å². The highest BCUT2D eigenvalue weighted by molar-refractivity contribution is 5.95. The van der Waals surface area contributed by atoms with E-state index in [1.54, 1.807) is 18.3 Å². The number of amides is 1. The first-order chi connectivity index (χ1) is 17.1. The molecule has 1 amide bonds. The molecule has 4 rings (SSSR count). The zero-order valence-corrected chi connectivity index (χ0v) is 19.8. The Morgan fingerprint density at radius 2 is 2.06 bits per heavy atom. The first kappa shape index (κ1) is 24.5. The molecule has 1 aliphatic heterocycles. The number of carbonyl (C=O) groups is 1. The van der Waals surface area contributed by atoms with Crippen molar-refractivity contribution in [2.75, 3.05) is 24.6 Å². The van der Waals surface area contributed by atoms with E-state index >= 15 is 0 Å². The van der Waals surface area contributed by atoms with Crippen LogP contribution in [0.2, 0.25) is 0 Å². The number of hydrogen-bond acceptors (Lipinski definition) is 4. The SMILES string of the molecule is O=C(NCCCc1cn[nH]c1)c1ccc(N2CCCCC2CCO)c(C#Cc2ccc(F)cc2)c1. The fourth-order valence-electron chi connectivity index (χ4n) is 4.48. The Balaban J connectivity index is 1.55. The number of carbonyl (C=O) groups excluding carboxylic acids is 1. The van der Waals surface area contributed by atoms with Crippen LogP contribution in [0.3, 0.4) is 0 Å². The third kappa shape index (κ3) is 6.71. The third-order valence-electron chi connectivity index (χ3n) is 6.33. The average Bonchev–Trinajstić information content (AvgIpc) is 3.40. The molecule has 2 heterocycles. The van der Waals surface area contributed by atoms with Gasteiger partial charge in [-0.3, -0.25) is 9.89 Å². The minimum atomic E-state index is -0.303. The first-order valence-corrected chi connectivity index (χ1v) is 12.2. The fourth-order valence-corrected chi connectivity index (χ4v) is 4.48. The van der Waals surface area contributed by atoms with Gasteiger partial charge >= 0.3 is 0 Å². The smallest absolute Gasteiger partial charge is 0.251 e. The van der Waals surface area contributed by atoms with Gasteiger partial charge in [-0.25, -0.2) is 4.39 Å². The van der Waals surface area contributed by atoms with Crippen LogP contribution in [-0.2, 0) is 6.42 Å². The highest BCUT2D eigenvalue weighted by Gasteiger charge is 2.24. The predicted octanol–water partition coefficient (Wildman–Crippen LogP) is 4.05. The van der Waals surface area contributed by atoms with Crippen molar-refractivity contribution in [1.82, 2.24) is 15.5 Å². The number of benzene rings is 2. The molecule has 1 atom stereocenters. The second kappa shape index (κ2) is 12.2. The van der Waals surface area contributed by atoms with Crippen molar-refractivity contribution in [3.05, 3.63) is 82.9 Å². The Kier molecular flexibility index (Phi) is 8.53. The van der Waals surface area contributed by atoms with Crippen LogP contribution in [0.4, 0.5) is 10.1 Å². The maximum atomic E-state index is 13.3. The lowest BCUT2D eigenvalue weighted by Crippen LogP contribution is -2.40. The number of aromatic nitrogens is 2. The summed E-state index contributed by atoms with van der Waals surface area (Å²) in [6.07, 6.45) is 9.23. The lowest BCUT2D eigenvalue weighted by Gasteiger charge is -2.38. The summed E-state index contributed by atoms with van der Waals surface area (Å²) in [5, 5.41) is 19.3. The number of anilines is 1. The van der Waals surface area contributed by atoms with E-state index < -0.39 is 0 Å². The Bertz CT molecular complexity index is 1160. The summed E-state index contributed by atoms with van der Waals surface area (Å²) in [6.45, 7) is 1.58. The molecule has 1 unspecified atom stereocenters. The van der Waals surface area contributed by atoms with Crippen molar-refractivity contribution in [3.63, 3.8) is 0 Å². The maximum Gasteiger partial charge on any atom is 0.251 e. The molecule has 2 aromatic carbocycles. The van der Waals surface area contributed by atoms with Crippen LogP contribution in [-0.4, -0.2) is 46.9 Å². The highest BCUT2D eigenvalue weighted by atomic mass is 19.1. The lowest BCUT2D eigenvalue weighted by atomic mass is 9.96. The number of piperidine rings is 1. The molecule has 1 aromatic heterocycles. The van der Waals surface area contributed by atoms with E-state index in [0.29, 0.717) is 24.1 Å². The van der Waals surface area contributed by atoms with Crippen molar-refractivity contribution in [2.45, 2.75) is 44.6 Å². The van der Waals surface area contributed by atoms with Gasteiger partial charge < -0.3 is 15.3 Å². The number of rotatable bonds is 8. The van der Waals surface area contributed by atoms with Gasteiger partial charge in [0.25, 0.3) is 5.91 Å². The third-order valence-corrected chi connectivity index (χ3v) is 6.33. The molecule has 0 radical (unpaired) electrons. The number of aliphatic hydroxyl groups is 1. The van der Waals surface area contributed by atoms with Gasteiger partial charge in [-0.05, 0) is 86.6 Å². The van der Waals surface area contributed by atoms with Gasteiger partial charge in [0.2, 0.25) is 0 Å². The summed E-state index contributed by atoms with van der Waals surface area (Å²) in [6, 6.07) is 12.0. The quantitative estimate of drug-likeness (QED) is 0.340. The second-order valence-corrected chi connectivity index (χ2v) is 8.81. The molecule has 6 nitrogen and oxygen atoms in total. The van der Waals surface area contributed by atoms with Crippen LogP contribution in [0.5, 0.6) is 0 Å². The number of nitrogens with zero attached hydrogens (tertiary/aromatic N) is 2. The minimum absolute atomic E-state index is 0.136. The molecule has 0 aliphatic carbocycles. The molecule has 0 saturated carbocycles. The standard InChI is InChI=1S/C28H31FN4O2/c29-25-11-7-21(8-12-25)6-9-23-18-24(28(35)30-15-3-4-22-19-31-32-20-22)10-13-27(23)33-16-2-1-5-26(33)14-17-34/h7-8,10-13,18-20,26,34H,1-5,14-17H2,(H,30,35)(H,31,32). The number of aryl methyl sites for hydroxylation is 1. The Morgan fingerprint density at radius 3 is 2.83 bits per heavy atom. The van der Waals surface area contributed by atoms with E-state index in [1.807, 2.05) is 24.4 Å². The van der Waals surface area contributed by atoms with E-state index in [-0.39, 0.29) is 24.4 Å². The number of nitrogens with one attached hydrogen (secondary N) is 2. The Hall–Kier alpha value is -3.63. The van der Waals surface area contributed by atoms with Crippen molar-refractivity contribution in [3.8, 4) is 11.8 Å². The van der Waals surface area contributed by atoms with Gasteiger partial charge in [0.15, 0.2) is 0 Å². The zero-order valence-electron chi connectivity index (χ0n) is 19.8. The van der Waals surface area contributed by atoms with Gasteiger partial charge in [0.1, 0.15) is 5.82 Å². The van der Waals surface area contributed by atoms with Crippen LogP contribution >= 0.6 is 0 Å². The summed E-state index contributed by atoms with van der Waals surface area (Å²) < 4.78 is 13.3. The molecular weight excluding hydrogens is 443 g/mol. The van der Waals surface area contributed by atoms with Crippen LogP contribution in [0.25, 0.3) is 0 Å². The summed E-state index contributed by atoms with van der Waals surface area (Å²) in [4.78, 5) is 15.2. The summed E-state index contributed by atoms with van der Waals surface area (Å²) in [7, 11) is 0. The monoisotopic (exact) mass is 474 g/mol. The molecule has 1 aliphatic rings. The zero-order chi connectivity index (χ0) is 24.5. The molecule has 3 N–H and O–H groups in total. The molecule has 182 valence electrons. The molecule has 7 heteroatoms. The molecule has 0 bridgehead atoms. The minimum Gasteiger partial charge on any atom is -0.396 e. The Labute approximate surface area is 205 Å². The van der Waals surface area contributed by atoms with E-state index in [9.17, 15) is 14.3 Å². The van der Waals surface area contributed by atoms with Gasteiger partial charge in [0.05, 0.1) is 11.9 Å². The first-order valence-electron chi connectivity index (χ1n) is 12.2. The number of halogens is 1. The highest BCUT2D eigenvalue weighted by Crippen LogP contribution is 2.30. The van der Waals surface area contributed by atoms with Gasteiger partial charge in [0, 0.05) is 48.6 Å². The lowest BCUT2D eigenvalue weighted by molar-refractivity contribution is 0.0953. The summed E-state index contributed by atoms with van der Waals surface area (Å²) >= 11 is 0. The largest absolute Gasteiger partial charge is 0.396 e. The van der Waals surface area contributed by atoms with Crippen molar-refractivity contribution in [1.29, 1.82) is 0 Å². The molecular formula is C28H31FN4O2. The van der Waals surface area contributed by atoms with E-state index in [0.717, 1.165) is 55.5 Å². The summed E-state index contributed by atoms with van der Waals surface area (Å²) in [5.41, 5.74) is 4.09. The molecule has 35 heavy (non-hydrogen) atoms. The number of H-pyrrole nitrogens is 1. The number of aliphatic hydroxyl groups excluding tert-OH is 1. The Morgan fingerprint density at radius 1 is 1.20 bits per heavy atom. The van der Waals surface area contributed by atoms with Crippen LogP contribution in [0, 0.1) is 17.7 Å². The molecule has 0 spiro atoms. The van der Waals surface area contributed by atoms with Crippen LogP contribution < -0.4 is 10.2 Å². The van der Waals surface area contributed by atoms with E-state index in [4.69, 9.17) is 0 Å². The van der Waals surface area contributed by atoms with Gasteiger partial charge in [-0.2, -0.15) is 5.10 Å². The van der Waals surface area contributed by atoms with Crippen molar-refractivity contribution < 1.29 is 14.3 Å². The van der Waals surface area contributed by atoms with Gasteiger partial charge in [-0.15, -0.1) is 0 Å². The van der Waals surface area contributed by atoms with E-state index in [2.05, 4.69) is 32.3 Å². The number of aromatic amines is 1. The van der Waals surface area contributed by atoms with Crippen LogP contribution in [0.15, 0.2) is 54.9 Å².